The first-order valence-corrected chi connectivity index (χ1v) is 10.8. The normalized spacial score (nSPS) is 11.2. The molecule has 8 heteroatoms. The Morgan fingerprint density at radius 2 is 1.94 bits per heavy atom. The summed E-state index contributed by atoms with van der Waals surface area (Å²) in [5.41, 5.74) is 4.59. The Morgan fingerprint density at radius 3 is 2.66 bits per heavy atom. The zero-order chi connectivity index (χ0) is 22.8. The summed E-state index contributed by atoms with van der Waals surface area (Å²) < 4.78 is 7.28. The molecule has 2 aromatic heterocycles. The van der Waals surface area contributed by atoms with Crippen LogP contribution < -0.4 is 10.1 Å². The van der Waals surface area contributed by atoms with Gasteiger partial charge in [-0.3, -0.25) is 4.79 Å². The van der Waals surface area contributed by atoms with E-state index in [-0.39, 0.29) is 17.5 Å². The number of hydrogen-bond acceptors (Lipinski definition) is 5. The SMILES string of the molecule is CCOc1ccccc1NC(=O)c1nnc2c(-c3cccc(Cl)c3)c(C(C)C)nn2c1C. The molecule has 32 heavy (non-hydrogen) atoms. The van der Waals surface area contributed by atoms with Crippen LogP contribution in [0.5, 0.6) is 5.75 Å². The predicted molar refractivity (Wildman–Crippen MR) is 126 cm³/mol. The van der Waals surface area contributed by atoms with E-state index < -0.39 is 0 Å². The van der Waals surface area contributed by atoms with Gasteiger partial charge in [0, 0.05) is 5.02 Å². The Bertz CT molecular complexity index is 1300. The van der Waals surface area contributed by atoms with Gasteiger partial charge in [0.2, 0.25) is 0 Å². The average Bonchev–Trinajstić information content (AvgIpc) is 3.16. The van der Waals surface area contributed by atoms with E-state index in [1.54, 1.807) is 16.6 Å². The molecule has 0 aliphatic rings. The highest BCUT2D eigenvalue weighted by atomic mass is 35.5. The molecule has 1 N–H and O–H groups in total. The number of ether oxygens (including phenoxy) is 1. The molecule has 0 aliphatic heterocycles. The molecular weight excluding hydrogens is 426 g/mol. The van der Waals surface area contributed by atoms with Crippen LogP contribution in [0.1, 0.15) is 48.6 Å². The van der Waals surface area contributed by atoms with E-state index in [2.05, 4.69) is 29.4 Å². The third-order valence-corrected chi connectivity index (χ3v) is 5.34. The van der Waals surface area contributed by atoms with Gasteiger partial charge in [-0.25, -0.2) is 4.52 Å². The first kappa shape index (κ1) is 21.8. The van der Waals surface area contributed by atoms with Gasteiger partial charge in [-0.15, -0.1) is 10.2 Å². The van der Waals surface area contributed by atoms with Crippen molar-refractivity contribution in [2.75, 3.05) is 11.9 Å². The van der Waals surface area contributed by atoms with E-state index in [0.29, 0.717) is 34.4 Å². The maximum absolute atomic E-state index is 13.0. The molecule has 2 aromatic carbocycles. The number of anilines is 1. The van der Waals surface area contributed by atoms with Gasteiger partial charge in [0.15, 0.2) is 11.3 Å². The minimum atomic E-state index is -0.380. The summed E-state index contributed by atoms with van der Waals surface area (Å²) >= 11 is 6.23. The molecular formula is C24H24ClN5O2. The lowest BCUT2D eigenvalue weighted by Crippen LogP contribution is -2.19. The van der Waals surface area contributed by atoms with Gasteiger partial charge in [-0.2, -0.15) is 5.10 Å². The molecule has 2 heterocycles. The molecule has 164 valence electrons. The Hall–Kier alpha value is -3.45. The van der Waals surface area contributed by atoms with Crippen molar-refractivity contribution in [1.82, 2.24) is 19.8 Å². The Kier molecular flexibility index (Phi) is 6.10. The van der Waals surface area contributed by atoms with Crippen LogP contribution in [-0.4, -0.2) is 32.3 Å². The topological polar surface area (TPSA) is 81.4 Å². The predicted octanol–water partition coefficient (Wildman–Crippen LogP) is 5.53. The largest absolute Gasteiger partial charge is 0.492 e. The van der Waals surface area contributed by atoms with Crippen molar-refractivity contribution in [2.45, 2.75) is 33.6 Å². The van der Waals surface area contributed by atoms with Gasteiger partial charge in [-0.1, -0.05) is 49.7 Å². The standard InChI is InChI=1S/C24H24ClN5O2/c1-5-32-19-12-7-6-11-18(19)26-24(31)22-15(4)30-23(28-27-22)20(21(29-30)14(2)3)16-9-8-10-17(25)13-16/h6-14H,5H2,1-4H3,(H,26,31). The fourth-order valence-electron chi connectivity index (χ4n) is 3.59. The Labute approximate surface area is 191 Å². The third kappa shape index (κ3) is 4.03. The quantitative estimate of drug-likeness (QED) is 0.418. The maximum atomic E-state index is 13.0. The fraction of sp³-hybridized carbons (Fsp3) is 0.250. The van der Waals surface area contributed by atoms with Gasteiger partial charge in [0.1, 0.15) is 5.75 Å². The smallest absolute Gasteiger partial charge is 0.278 e. The molecule has 0 saturated carbocycles. The van der Waals surface area contributed by atoms with Crippen molar-refractivity contribution in [3.63, 3.8) is 0 Å². The van der Waals surface area contributed by atoms with Crippen LogP contribution in [-0.2, 0) is 0 Å². The number of nitrogens with zero attached hydrogens (tertiary/aromatic N) is 4. The molecule has 0 saturated heterocycles. The Balaban J connectivity index is 1.79. The molecule has 0 atom stereocenters. The summed E-state index contributed by atoms with van der Waals surface area (Å²) in [7, 11) is 0. The summed E-state index contributed by atoms with van der Waals surface area (Å²) in [6.07, 6.45) is 0. The van der Waals surface area contributed by atoms with Crippen molar-refractivity contribution in [3.8, 4) is 16.9 Å². The molecule has 0 spiro atoms. The zero-order valence-electron chi connectivity index (χ0n) is 18.4. The van der Waals surface area contributed by atoms with Gasteiger partial charge >= 0.3 is 0 Å². The highest BCUT2D eigenvalue weighted by Crippen LogP contribution is 2.33. The van der Waals surface area contributed by atoms with E-state index in [0.717, 1.165) is 16.8 Å². The van der Waals surface area contributed by atoms with Gasteiger partial charge in [0.05, 0.1) is 29.2 Å². The van der Waals surface area contributed by atoms with E-state index in [4.69, 9.17) is 21.4 Å². The first-order valence-electron chi connectivity index (χ1n) is 10.5. The second-order valence-corrected chi connectivity index (χ2v) is 8.11. The van der Waals surface area contributed by atoms with E-state index in [9.17, 15) is 4.79 Å². The van der Waals surface area contributed by atoms with Crippen LogP contribution in [0.2, 0.25) is 5.02 Å². The maximum Gasteiger partial charge on any atom is 0.278 e. The number of hydrogen-bond donors (Lipinski definition) is 1. The summed E-state index contributed by atoms with van der Waals surface area (Å²) in [5, 5.41) is 16.9. The lowest BCUT2D eigenvalue weighted by atomic mass is 9.99. The number of nitrogens with one attached hydrogen (secondary N) is 1. The number of carbonyl (C=O) groups is 1. The van der Waals surface area contributed by atoms with Crippen molar-refractivity contribution in [1.29, 1.82) is 0 Å². The molecule has 7 nitrogen and oxygen atoms in total. The molecule has 0 aliphatic carbocycles. The summed E-state index contributed by atoms with van der Waals surface area (Å²) in [4.78, 5) is 13.0. The van der Waals surface area contributed by atoms with Crippen LogP contribution >= 0.6 is 11.6 Å². The number of aromatic nitrogens is 4. The van der Waals surface area contributed by atoms with Crippen LogP contribution in [0, 0.1) is 6.92 Å². The second-order valence-electron chi connectivity index (χ2n) is 7.68. The summed E-state index contributed by atoms with van der Waals surface area (Å²) in [6.45, 7) is 8.33. The van der Waals surface area contributed by atoms with Gasteiger partial charge in [-0.05, 0) is 49.6 Å². The number of rotatable bonds is 6. The van der Waals surface area contributed by atoms with Crippen molar-refractivity contribution in [2.24, 2.45) is 0 Å². The highest BCUT2D eigenvalue weighted by Gasteiger charge is 2.23. The van der Waals surface area contributed by atoms with Crippen LogP contribution in [0.4, 0.5) is 5.69 Å². The molecule has 1 amide bonds. The van der Waals surface area contributed by atoms with Gasteiger partial charge < -0.3 is 10.1 Å². The molecule has 0 radical (unpaired) electrons. The van der Waals surface area contributed by atoms with Crippen LogP contribution in [0.15, 0.2) is 48.5 Å². The fourth-order valence-corrected chi connectivity index (χ4v) is 3.78. The van der Waals surface area contributed by atoms with Gasteiger partial charge in [0.25, 0.3) is 5.91 Å². The molecule has 4 rings (SSSR count). The molecule has 0 fully saturated rings. The lowest BCUT2D eigenvalue weighted by Gasteiger charge is -2.12. The zero-order valence-corrected chi connectivity index (χ0v) is 19.1. The highest BCUT2D eigenvalue weighted by molar-refractivity contribution is 6.30. The van der Waals surface area contributed by atoms with Crippen LogP contribution in [0.3, 0.4) is 0 Å². The Morgan fingerprint density at radius 1 is 1.16 bits per heavy atom. The number of aryl methyl sites for hydroxylation is 1. The molecule has 4 aromatic rings. The number of amides is 1. The van der Waals surface area contributed by atoms with Crippen molar-refractivity contribution >= 4 is 28.8 Å². The van der Waals surface area contributed by atoms with E-state index >= 15 is 0 Å². The third-order valence-electron chi connectivity index (χ3n) is 5.10. The monoisotopic (exact) mass is 449 g/mol. The lowest BCUT2D eigenvalue weighted by molar-refractivity contribution is 0.101. The van der Waals surface area contributed by atoms with E-state index in [1.807, 2.05) is 50.2 Å². The van der Waals surface area contributed by atoms with Crippen molar-refractivity contribution in [3.05, 3.63) is 70.6 Å². The number of carbonyl (C=O) groups excluding carboxylic acids is 1. The van der Waals surface area contributed by atoms with Crippen LogP contribution in [0.25, 0.3) is 16.8 Å². The number of para-hydroxylation sites is 2. The minimum absolute atomic E-state index is 0.139. The number of benzene rings is 2. The molecule has 0 bridgehead atoms. The second kappa shape index (κ2) is 8.96. The first-order chi connectivity index (χ1) is 15.4. The summed E-state index contributed by atoms with van der Waals surface area (Å²) in [5.74, 6) is 0.356. The summed E-state index contributed by atoms with van der Waals surface area (Å²) in [6, 6.07) is 14.8. The number of halogens is 1. The molecule has 0 unspecified atom stereocenters. The van der Waals surface area contributed by atoms with Crippen molar-refractivity contribution < 1.29 is 9.53 Å². The average molecular weight is 450 g/mol. The number of fused-ring (bicyclic) bond motifs is 1. The minimum Gasteiger partial charge on any atom is -0.492 e. The van der Waals surface area contributed by atoms with E-state index in [1.165, 1.54) is 0 Å².